The summed E-state index contributed by atoms with van der Waals surface area (Å²) in [5.74, 6) is 0.974. The van der Waals surface area contributed by atoms with E-state index in [-0.39, 0.29) is 6.10 Å². The maximum Gasteiger partial charge on any atom is 0.120 e. The topological polar surface area (TPSA) is 12.5 Å². The van der Waals surface area contributed by atoms with Gasteiger partial charge in [0.1, 0.15) is 5.75 Å². The largest absolute Gasteiger partial charge is 0.491 e. The van der Waals surface area contributed by atoms with E-state index in [4.69, 9.17) is 4.74 Å². The molecule has 0 unspecified atom stereocenters. The molecule has 0 bridgehead atoms. The van der Waals surface area contributed by atoms with Crippen molar-refractivity contribution in [3.63, 3.8) is 0 Å². The number of hydrogen-bond acceptors (Lipinski definition) is 2. The minimum atomic E-state index is 0.229. The minimum Gasteiger partial charge on any atom is -0.491 e. The second-order valence-electron chi connectivity index (χ2n) is 5.44. The number of rotatable bonds is 3. The van der Waals surface area contributed by atoms with E-state index < -0.39 is 0 Å². The van der Waals surface area contributed by atoms with Crippen LogP contribution in [0.4, 0.5) is 0 Å². The highest BCUT2D eigenvalue weighted by Gasteiger charge is 2.14. The van der Waals surface area contributed by atoms with Crippen LogP contribution in [0.2, 0.25) is 0 Å². The van der Waals surface area contributed by atoms with E-state index in [1.807, 2.05) is 6.07 Å². The van der Waals surface area contributed by atoms with E-state index in [0.29, 0.717) is 0 Å². The standard InChI is InChI=1S/C16H23NO/c1-12(2)18-15-7-5-6-14(10-15)16-8-9-17(4)11-13(16)3/h5-7,10,12H,8-9,11H2,1-4H3. The van der Waals surface area contributed by atoms with Gasteiger partial charge in [-0.3, -0.25) is 0 Å². The average molecular weight is 245 g/mol. The number of nitrogens with zero attached hydrogens (tertiary/aromatic N) is 1. The molecule has 0 saturated carbocycles. The molecule has 0 atom stereocenters. The Bertz CT molecular complexity index is 448. The lowest BCUT2D eigenvalue weighted by molar-refractivity contribution is 0.242. The molecule has 0 spiro atoms. The zero-order valence-corrected chi connectivity index (χ0v) is 11.9. The number of ether oxygens (including phenoxy) is 1. The SMILES string of the molecule is CC1=C(c2cccc(OC(C)C)c2)CCN(C)C1. The van der Waals surface area contributed by atoms with E-state index in [2.05, 4.69) is 50.9 Å². The van der Waals surface area contributed by atoms with Gasteiger partial charge in [0, 0.05) is 13.1 Å². The van der Waals surface area contributed by atoms with Gasteiger partial charge in [-0.1, -0.05) is 17.7 Å². The van der Waals surface area contributed by atoms with Crippen LogP contribution >= 0.6 is 0 Å². The van der Waals surface area contributed by atoms with E-state index in [0.717, 1.165) is 25.3 Å². The predicted octanol–water partition coefficient (Wildman–Crippen LogP) is 3.58. The molecule has 18 heavy (non-hydrogen) atoms. The third-order valence-electron chi connectivity index (χ3n) is 3.32. The van der Waals surface area contributed by atoms with Crippen LogP contribution in [0.1, 0.15) is 32.8 Å². The summed E-state index contributed by atoms with van der Waals surface area (Å²) in [6, 6.07) is 8.49. The molecule has 0 N–H and O–H groups in total. The third kappa shape index (κ3) is 3.14. The summed E-state index contributed by atoms with van der Waals surface area (Å²) in [6.45, 7) is 8.58. The van der Waals surface area contributed by atoms with Crippen LogP contribution in [0.25, 0.3) is 5.57 Å². The third-order valence-corrected chi connectivity index (χ3v) is 3.32. The molecule has 1 aliphatic heterocycles. The summed E-state index contributed by atoms with van der Waals surface area (Å²) in [4.78, 5) is 2.37. The van der Waals surface area contributed by atoms with Crippen molar-refractivity contribution in [2.75, 3.05) is 20.1 Å². The molecule has 2 rings (SSSR count). The Morgan fingerprint density at radius 3 is 2.72 bits per heavy atom. The lowest BCUT2D eigenvalue weighted by atomic mass is 9.94. The van der Waals surface area contributed by atoms with Crippen LogP contribution in [0.5, 0.6) is 5.75 Å². The monoisotopic (exact) mass is 245 g/mol. The van der Waals surface area contributed by atoms with E-state index in [1.165, 1.54) is 16.7 Å². The molecule has 1 heterocycles. The number of likely N-dealkylation sites (N-methyl/N-ethyl adjacent to an activating group) is 1. The van der Waals surface area contributed by atoms with Crippen LogP contribution in [0, 0.1) is 0 Å². The molecule has 0 amide bonds. The minimum absolute atomic E-state index is 0.229. The van der Waals surface area contributed by atoms with Crippen molar-refractivity contribution in [2.24, 2.45) is 0 Å². The van der Waals surface area contributed by atoms with Crippen LogP contribution < -0.4 is 4.74 Å². The van der Waals surface area contributed by atoms with Gasteiger partial charge < -0.3 is 9.64 Å². The van der Waals surface area contributed by atoms with Crippen molar-refractivity contribution in [3.8, 4) is 5.75 Å². The van der Waals surface area contributed by atoms with Crippen LogP contribution in [0.3, 0.4) is 0 Å². The Labute approximate surface area is 110 Å². The lowest BCUT2D eigenvalue weighted by Crippen LogP contribution is -2.26. The molecule has 1 aromatic carbocycles. The van der Waals surface area contributed by atoms with Crippen LogP contribution in [-0.4, -0.2) is 31.1 Å². The molecule has 0 aliphatic carbocycles. The highest BCUT2D eigenvalue weighted by molar-refractivity contribution is 5.70. The smallest absolute Gasteiger partial charge is 0.120 e. The van der Waals surface area contributed by atoms with Crippen LogP contribution in [0.15, 0.2) is 29.8 Å². The van der Waals surface area contributed by atoms with Crippen molar-refractivity contribution < 1.29 is 4.74 Å². The van der Waals surface area contributed by atoms with Gasteiger partial charge in [0.05, 0.1) is 6.10 Å². The first-order valence-corrected chi connectivity index (χ1v) is 6.70. The van der Waals surface area contributed by atoms with Crippen molar-refractivity contribution in [2.45, 2.75) is 33.3 Å². The highest BCUT2D eigenvalue weighted by atomic mass is 16.5. The average Bonchev–Trinajstić information content (AvgIpc) is 2.28. The van der Waals surface area contributed by atoms with Crippen molar-refractivity contribution in [1.29, 1.82) is 0 Å². The maximum atomic E-state index is 5.77. The second kappa shape index (κ2) is 5.57. The first-order valence-electron chi connectivity index (χ1n) is 6.70. The van der Waals surface area contributed by atoms with E-state index in [1.54, 1.807) is 0 Å². The normalized spacial score (nSPS) is 17.4. The summed E-state index contributed by atoms with van der Waals surface area (Å²) < 4.78 is 5.77. The fraction of sp³-hybridized carbons (Fsp3) is 0.500. The van der Waals surface area contributed by atoms with Crippen molar-refractivity contribution in [3.05, 3.63) is 35.4 Å². The Balaban J connectivity index is 2.25. The van der Waals surface area contributed by atoms with Gasteiger partial charge in [0.15, 0.2) is 0 Å². The number of hydrogen-bond donors (Lipinski definition) is 0. The van der Waals surface area contributed by atoms with Gasteiger partial charge in [-0.2, -0.15) is 0 Å². The summed E-state index contributed by atoms with van der Waals surface area (Å²) in [5.41, 5.74) is 4.28. The molecule has 98 valence electrons. The van der Waals surface area contributed by atoms with Gasteiger partial charge in [-0.25, -0.2) is 0 Å². The molecule has 2 nitrogen and oxygen atoms in total. The summed E-state index contributed by atoms with van der Waals surface area (Å²) in [7, 11) is 2.18. The summed E-state index contributed by atoms with van der Waals surface area (Å²) in [6.07, 6.45) is 1.36. The van der Waals surface area contributed by atoms with Gasteiger partial charge in [-0.05, 0) is 57.5 Å². The zero-order valence-electron chi connectivity index (χ0n) is 11.9. The van der Waals surface area contributed by atoms with Crippen LogP contribution in [-0.2, 0) is 0 Å². The molecule has 0 fully saturated rings. The van der Waals surface area contributed by atoms with Gasteiger partial charge >= 0.3 is 0 Å². The predicted molar refractivity (Wildman–Crippen MR) is 76.9 cm³/mol. The quantitative estimate of drug-likeness (QED) is 0.807. The molecular formula is C16H23NO. The summed E-state index contributed by atoms with van der Waals surface area (Å²) in [5, 5.41) is 0. The zero-order chi connectivity index (χ0) is 13.1. The maximum absolute atomic E-state index is 5.77. The summed E-state index contributed by atoms with van der Waals surface area (Å²) >= 11 is 0. The van der Waals surface area contributed by atoms with Gasteiger partial charge in [-0.15, -0.1) is 0 Å². The Kier molecular flexibility index (Phi) is 4.07. The Hall–Kier alpha value is -1.28. The Morgan fingerprint density at radius 1 is 1.28 bits per heavy atom. The lowest BCUT2D eigenvalue weighted by Gasteiger charge is -2.26. The second-order valence-corrected chi connectivity index (χ2v) is 5.44. The molecule has 1 aliphatic rings. The van der Waals surface area contributed by atoms with E-state index >= 15 is 0 Å². The Morgan fingerprint density at radius 2 is 2.06 bits per heavy atom. The first kappa shape index (κ1) is 13.2. The van der Waals surface area contributed by atoms with E-state index in [9.17, 15) is 0 Å². The first-order chi connectivity index (χ1) is 8.56. The van der Waals surface area contributed by atoms with Crippen molar-refractivity contribution >= 4 is 5.57 Å². The molecule has 0 saturated heterocycles. The molecule has 2 heteroatoms. The van der Waals surface area contributed by atoms with Gasteiger partial charge in [0.25, 0.3) is 0 Å². The molecule has 0 radical (unpaired) electrons. The fourth-order valence-corrected chi connectivity index (χ4v) is 2.52. The molecule has 0 aromatic heterocycles. The van der Waals surface area contributed by atoms with Gasteiger partial charge in [0.2, 0.25) is 0 Å². The molecular weight excluding hydrogens is 222 g/mol. The van der Waals surface area contributed by atoms with Crippen molar-refractivity contribution in [1.82, 2.24) is 4.90 Å². The fourth-order valence-electron chi connectivity index (χ4n) is 2.52. The number of benzene rings is 1. The highest BCUT2D eigenvalue weighted by Crippen LogP contribution is 2.29. The molecule has 1 aromatic rings.